The van der Waals surface area contributed by atoms with Crippen molar-refractivity contribution in [1.82, 2.24) is 0 Å². The topological polar surface area (TPSA) is 82.3 Å². The fourth-order valence-electron chi connectivity index (χ4n) is 1.21. The summed E-state index contributed by atoms with van der Waals surface area (Å²) in [6, 6.07) is 2.67. The van der Waals surface area contributed by atoms with Crippen molar-refractivity contribution in [1.29, 1.82) is 0 Å². The lowest BCUT2D eigenvalue weighted by molar-refractivity contribution is -0.402. The number of nitrogens with zero attached hydrogens (tertiary/aromatic N) is 1. The van der Waals surface area contributed by atoms with Gasteiger partial charge in [-0.25, -0.2) is 0 Å². The Kier molecular flexibility index (Phi) is 3.64. The van der Waals surface area contributed by atoms with Gasteiger partial charge in [-0.1, -0.05) is 19.8 Å². The molecule has 2 N–H and O–H groups in total. The second-order valence-electron chi connectivity index (χ2n) is 3.18. The standard InChI is InChI=1S/C9H14N2O3/c1-2-3-4-7(10)8-5-6-9(14-8)11(12)13/h5-7H,2-4,10H2,1H3/t7-/m1/s1. The molecule has 0 aliphatic carbocycles. The van der Waals surface area contributed by atoms with Crippen molar-refractivity contribution in [3.63, 3.8) is 0 Å². The maximum atomic E-state index is 10.3. The Morgan fingerprint density at radius 2 is 2.36 bits per heavy atom. The second kappa shape index (κ2) is 4.76. The van der Waals surface area contributed by atoms with E-state index in [2.05, 4.69) is 6.92 Å². The first-order chi connectivity index (χ1) is 6.65. The van der Waals surface area contributed by atoms with Crippen molar-refractivity contribution in [3.8, 4) is 0 Å². The smallest absolute Gasteiger partial charge is 0.404 e. The molecule has 0 amide bonds. The van der Waals surface area contributed by atoms with E-state index in [1.54, 1.807) is 6.07 Å². The Hall–Kier alpha value is -1.36. The third-order valence-corrected chi connectivity index (χ3v) is 2.03. The molecule has 1 heterocycles. The fraction of sp³-hybridized carbons (Fsp3) is 0.556. The number of hydrogen-bond donors (Lipinski definition) is 1. The van der Waals surface area contributed by atoms with E-state index < -0.39 is 4.92 Å². The Bertz CT molecular complexity index is 309. The molecule has 0 aromatic carbocycles. The van der Waals surface area contributed by atoms with Gasteiger partial charge in [0.1, 0.15) is 10.7 Å². The van der Waals surface area contributed by atoms with Crippen LogP contribution in [0.5, 0.6) is 0 Å². The predicted molar refractivity (Wildman–Crippen MR) is 51.8 cm³/mol. The van der Waals surface area contributed by atoms with Gasteiger partial charge in [0.25, 0.3) is 0 Å². The molecule has 78 valence electrons. The zero-order valence-corrected chi connectivity index (χ0v) is 8.10. The summed E-state index contributed by atoms with van der Waals surface area (Å²) >= 11 is 0. The zero-order chi connectivity index (χ0) is 10.6. The van der Waals surface area contributed by atoms with Crippen LogP contribution >= 0.6 is 0 Å². The van der Waals surface area contributed by atoms with Crippen LogP contribution in [0.2, 0.25) is 0 Å². The molecule has 0 fully saturated rings. The van der Waals surface area contributed by atoms with Crippen LogP contribution in [0, 0.1) is 10.1 Å². The molecule has 1 rings (SSSR count). The van der Waals surface area contributed by atoms with E-state index >= 15 is 0 Å². The van der Waals surface area contributed by atoms with Gasteiger partial charge in [-0.2, -0.15) is 0 Å². The molecular weight excluding hydrogens is 184 g/mol. The van der Waals surface area contributed by atoms with Crippen molar-refractivity contribution in [2.45, 2.75) is 32.2 Å². The van der Waals surface area contributed by atoms with Gasteiger partial charge in [0.05, 0.1) is 12.1 Å². The number of hydrogen-bond acceptors (Lipinski definition) is 4. The summed E-state index contributed by atoms with van der Waals surface area (Å²) in [5.74, 6) is 0.247. The number of nitro groups is 1. The van der Waals surface area contributed by atoms with Crippen LogP contribution in [0.1, 0.15) is 38.0 Å². The van der Waals surface area contributed by atoms with Crippen molar-refractivity contribution in [3.05, 3.63) is 28.0 Å². The average molecular weight is 198 g/mol. The van der Waals surface area contributed by atoms with Crippen LogP contribution < -0.4 is 5.73 Å². The minimum absolute atomic E-state index is 0.233. The molecule has 1 aromatic heterocycles. The Morgan fingerprint density at radius 3 is 2.86 bits per heavy atom. The molecule has 5 nitrogen and oxygen atoms in total. The largest absolute Gasteiger partial charge is 0.433 e. The molecule has 0 spiro atoms. The minimum Gasteiger partial charge on any atom is -0.404 e. The highest BCUT2D eigenvalue weighted by Gasteiger charge is 2.16. The van der Waals surface area contributed by atoms with Gasteiger partial charge in [-0.15, -0.1) is 0 Å². The molecule has 14 heavy (non-hydrogen) atoms. The molecule has 0 unspecified atom stereocenters. The van der Waals surface area contributed by atoms with Crippen LogP contribution in [-0.2, 0) is 0 Å². The van der Waals surface area contributed by atoms with E-state index in [9.17, 15) is 10.1 Å². The lowest BCUT2D eigenvalue weighted by Gasteiger charge is -2.05. The normalized spacial score (nSPS) is 12.7. The summed E-state index contributed by atoms with van der Waals surface area (Å²) in [6.45, 7) is 2.07. The van der Waals surface area contributed by atoms with Crippen LogP contribution in [0.3, 0.4) is 0 Å². The monoisotopic (exact) mass is 198 g/mol. The first-order valence-electron chi connectivity index (χ1n) is 4.65. The highest BCUT2D eigenvalue weighted by molar-refractivity contribution is 5.19. The van der Waals surface area contributed by atoms with E-state index in [1.807, 2.05) is 0 Å². The van der Waals surface area contributed by atoms with E-state index in [1.165, 1.54) is 6.07 Å². The van der Waals surface area contributed by atoms with Gasteiger partial charge in [0.2, 0.25) is 0 Å². The predicted octanol–water partition coefficient (Wildman–Crippen LogP) is 2.38. The quantitative estimate of drug-likeness (QED) is 0.581. The minimum atomic E-state index is -0.559. The molecule has 0 radical (unpaired) electrons. The van der Waals surface area contributed by atoms with Crippen LogP contribution in [0.15, 0.2) is 16.5 Å². The Balaban J connectivity index is 2.61. The Morgan fingerprint density at radius 1 is 1.64 bits per heavy atom. The lowest BCUT2D eigenvalue weighted by Crippen LogP contribution is -2.08. The summed E-state index contributed by atoms with van der Waals surface area (Å²) in [4.78, 5) is 9.76. The lowest BCUT2D eigenvalue weighted by atomic mass is 10.1. The fourth-order valence-corrected chi connectivity index (χ4v) is 1.21. The summed E-state index contributed by atoms with van der Waals surface area (Å²) in [7, 11) is 0. The molecule has 0 saturated carbocycles. The van der Waals surface area contributed by atoms with Crippen molar-refractivity contribution >= 4 is 5.88 Å². The molecule has 5 heteroatoms. The molecule has 0 aliphatic rings. The highest BCUT2D eigenvalue weighted by Crippen LogP contribution is 2.23. The van der Waals surface area contributed by atoms with Gasteiger partial charge in [0.15, 0.2) is 0 Å². The third kappa shape index (κ3) is 2.56. The number of rotatable bonds is 5. The summed E-state index contributed by atoms with van der Waals surface area (Å²) in [5, 5.41) is 10.3. The van der Waals surface area contributed by atoms with Crippen LogP contribution in [-0.4, -0.2) is 4.92 Å². The number of nitrogens with two attached hydrogens (primary N) is 1. The van der Waals surface area contributed by atoms with E-state index in [0.717, 1.165) is 19.3 Å². The van der Waals surface area contributed by atoms with E-state index in [-0.39, 0.29) is 11.9 Å². The van der Waals surface area contributed by atoms with Gasteiger partial charge in [-0.05, 0) is 12.5 Å². The maximum Gasteiger partial charge on any atom is 0.433 e. The molecular formula is C9H14N2O3. The molecule has 0 bridgehead atoms. The van der Waals surface area contributed by atoms with Gasteiger partial charge >= 0.3 is 5.88 Å². The first-order valence-corrected chi connectivity index (χ1v) is 4.65. The van der Waals surface area contributed by atoms with Crippen molar-refractivity contribution < 1.29 is 9.34 Å². The van der Waals surface area contributed by atoms with Crippen molar-refractivity contribution in [2.24, 2.45) is 5.73 Å². The third-order valence-electron chi connectivity index (χ3n) is 2.03. The summed E-state index contributed by atoms with van der Waals surface area (Å²) in [5.41, 5.74) is 5.78. The summed E-state index contributed by atoms with van der Waals surface area (Å²) < 4.78 is 4.98. The van der Waals surface area contributed by atoms with Crippen molar-refractivity contribution in [2.75, 3.05) is 0 Å². The van der Waals surface area contributed by atoms with Gasteiger partial charge in [0, 0.05) is 0 Å². The molecule has 0 aliphatic heterocycles. The van der Waals surface area contributed by atoms with Crippen LogP contribution in [0.4, 0.5) is 5.88 Å². The number of unbranched alkanes of at least 4 members (excludes halogenated alkanes) is 1. The van der Waals surface area contributed by atoms with E-state index in [4.69, 9.17) is 10.2 Å². The zero-order valence-electron chi connectivity index (χ0n) is 8.10. The van der Waals surface area contributed by atoms with E-state index in [0.29, 0.717) is 5.76 Å². The van der Waals surface area contributed by atoms with Crippen LogP contribution in [0.25, 0.3) is 0 Å². The molecule has 0 saturated heterocycles. The SMILES string of the molecule is CCCC[C@@H](N)c1ccc([N+](=O)[O-])o1. The number of furan rings is 1. The van der Waals surface area contributed by atoms with Gasteiger partial charge < -0.3 is 10.2 Å². The highest BCUT2D eigenvalue weighted by atomic mass is 16.6. The first kappa shape index (κ1) is 10.7. The summed E-state index contributed by atoms with van der Waals surface area (Å²) in [6.07, 6.45) is 2.84. The molecule has 1 atom stereocenters. The Labute approximate surface area is 82.0 Å². The van der Waals surface area contributed by atoms with Gasteiger partial charge in [-0.3, -0.25) is 10.1 Å². The maximum absolute atomic E-state index is 10.3. The second-order valence-corrected chi connectivity index (χ2v) is 3.18. The molecule has 1 aromatic rings. The average Bonchev–Trinajstić information content (AvgIpc) is 2.62.